The van der Waals surface area contributed by atoms with E-state index in [4.69, 9.17) is 11.7 Å². The summed E-state index contributed by atoms with van der Waals surface area (Å²) >= 11 is 0. The van der Waals surface area contributed by atoms with Crippen LogP contribution in [0.3, 0.4) is 0 Å². The van der Waals surface area contributed by atoms with Crippen LogP contribution in [0, 0.1) is 12.8 Å². The Balaban J connectivity index is 2.44. The molecule has 0 aromatic rings. The zero-order chi connectivity index (χ0) is 10.8. The van der Waals surface area contributed by atoms with Crippen LogP contribution in [-0.2, 0) is 4.74 Å². The number of piperidine rings is 1. The van der Waals surface area contributed by atoms with Crippen LogP contribution >= 0.6 is 0 Å². The lowest BCUT2D eigenvalue weighted by Gasteiger charge is -2.32. The van der Waals surface area contributed by atoms with Crippen LogP contribution in [0.5, 0.6) is 0 Å². The fraction of sp³-hybridized carbons (Fsp3) is 0.818. The van der Waals surface area contributed by atoms with Gasteiger partial charge in [-0.1, -0.05) is 0 Å². The monoisotopic (exact) mass is 197 g/mol. The van der Waals surface area contributed by atoms with Gasteiger partial charge in [-0.3, -0.25) is 0 Å². The van der Waals surface area contributed by atoms with Crippen molar-refractivity contribution in [3.05, 3.63) is 6.92 Å². The van der Waals surface area contributed by atoms with Crippen molar-refractivity contribution in [1.82, 2.24) is 4.90 Å². The molecule has 3 nitrogen and oxygen atoms in total. The second kappa shape index (κ2) is 4.20. The van der Waals surface area contributed by atoms with Gasteiger partial charge in [-0.25, -0.2) is 4.79 Å². The molecule has 0 aromatic carbocycles. The summed E-state index contributed by atoms with van der Waals surface area (Å²) in [6.45, 7) is 12.8. The molecule has 1 aliphatic heterocycles. The third kappa shape index (κ3) is 3.56. The molecule has 0 spiro atoms. The fourth-order valence-corrected chi connectivity index (χ4v) is 1.50. The molecule has 2 radical (unpaired) electrons. The number of nitrogens with zero attached hydrogens (tertiary/aromatic N) is 1. The molecule has 1 unspecified atom stereocenters. The molecule has 0 N–H and O–H groups in total. The smallest absolute Gasteiger partial charge is 0.410 e. The van der Waals surface area contributed by atoms with Crippen LogP contribution < -0.4 is 0 Å². The van der Waals surface area contributed by atoms with E-state index in [1.165, 1.54) is 0 Å². The molecule has 1 rings (SSSR count). The van der Waals surface area contributed by atoms with E-state index in [1.54, 1.807) is 4.90 Å². The van der Waals surface area contributed by atoms with Crippen LogP contribution in [0.15, 0.2) is 0 Å². The number of hydrogen-bond acceptors (Lipinski definition) is 2. The number of likely N-dealkylation sites (tertiary alicyclic amines) is 1. The van der Waals surface area contributed by atoms with Gasteiger partial charge in [-0.15, -0.1) is 0 Å². The van der Waals surface area contributed by atoms with E-state index >= 15 is 0 Å². The third-order valence-corrected chi connectivity index (χ3v) is 2.11. The van der Waals surface area contributed by atoms with E-state index < -0.39 is 5.60 Å². The van der Waals surface area contributed by atoms with Crippen molar-refractivity contribution in [2.24, 2.45) is 5.92 Å². The highest BCUT2D eigenvalue weighted by Gasteiger charge is 2.25. The summed E-state index contributed by atoms with van der Waals surface area (Å²) in [4.78, 5) is 13.3. The highest BCUT2D eigenvalue weighted by molar-refractivity contribution is 5.68. The van der Waals surface area contributed by atoms with Gasteiger partial charge in [0.2, 0.25) is 0 Å². The summed E-state index contributed by atoms with van der Waals surface area (Å²) in [6, 6.07) is 0. The van der Waals surface area contributed by atoms with Gasteiger partial charge in [-0.05, 0) is 46.5 Å². The Hall–Kier alpha value is -0.730. The first-order chi connectivity index (χ1) is 6.38. The van der Waals surface area contributed by atoms with Gasteiger partial charge in [-0.2, -0.15) is 0 Å². The number of amides is 1. The normalized spacial score (nSPS) is 23.4. The molecule has 1 aliphatic rings. The first-order valence-corrected chi connectivity index (χ1v) is 5.12. The van der Waals surface area contributed by atoms with Gasteiger partial charge in [0.05, 0.1) is 0 Å². The molecule has 1 amide bonds. The number of carbonyl (C=O) groups is 1. The van der Waals surface area contributed by atoms with Crippen molar-refractivity contribution in [3.63, 3.8) is 0 Å². The van der Waals surface area contributed by atoms with Crippen molar-refractivity contribution >= 4 is 6.09 Å². The maximum atomic E-state index is 11.6. The molecule has 1 heterocycles. The van der Waals surface area contributed by atoms with Crippen LogP contribution in [-0.4, -0.2) is 29.7 Å². The largest absolute Gasteiger partial charge is 0.444 e. The summed E-state index contributed by atoms with van der Waals surface area (Å²) in [5.74, 6) is 0.108. The molecule has 80 valence electrons. The quantitative estimate of drug-likeness (QED) is 0.596. The molecule has 3 heteroatoms. The summed E-state index contributed by atoms with van der Waals surface area (Å²) in [5, 5.41) is 0. The van der Waals surface area contributed by atoms with E-state index in [1.807, 2.05) is 20.8 Å². The minimum atomic E-state index is -0.418. The minimum absolute atomic E-state index is 0.108. The van der Waals surface area contributed by atoms with Crippen LogP contribution in [0.4, 0.5) is 4.79 Å². The fourth-order valence-electron chi connectivity index (χ4n) is 1.50. The average molecular weight is 197 g/mol. The van der Waals surface area contributed by atoms with Gasteiger partial charge < -0.3 is 9.64 Å². The Labute approximate surface area is 86.4 Å². The zero-order valence-electron chi connectivity index (χ0n) is 9.25. The third-order valence-electron chi connectivity index (χ3n) is 2.11. The molecule has 0 aliphatic carbocycles. The van der Waals surface area contributed by atoms with Crippen molar-refractivity contribution < 1.29 is 9.53 Å². The molecule has 14 heavy (non-hydrogen) atoms. The van der Waals surface area contributed by atoms with Gasteiger partial charge in [0, 0.05) is 13.1 Å². The summed E-state index contributed by atoms with van der Waals surface area (Å²) in [5.41, 5.74) is -0.418. The summed E-state index contributed by atoms with van der Waals surface area (Å²) in [6.07, 6.45) is 1.73. The van der Waals surface area contributed by atoms with Gasteiger partial charge >= 0.3 is 6.09 Å². The maximum Gasteiger partial charge on any atom is 0.410 e. The molecule has 0 saturated carbocycles. The first kappa shape index (κ1) is 11.3. The molecule has 1 atom stereocenters. The highest BCUT2D eigenvalue weighted by Crippen LogP contribution is 2.18. The van der Waals surface area contributed by atoms with Gasteiger partial charge in [0.1, 0.15) is 5.60 Å². The number of rotatable bonds is 0. The molecule has 0 bridgehead atoms. The Bertz CT molecular complexity index is 208. The molecular formula is C11H19NO2. The predicted octanol–water partition coefficient (Wildman–Crippen LogP) is 2.34. The maximum absolute atomic E-state index is 11.6. The van der Waals surface area contributed by atoms with E-state index in [0.717, 1.165) is 19.4 Å². The predicted molar refractivity (Wildman–Crippen MR) is 54.8 cm³/mol. The van der Waals surface area contributed by atoms with E-state index in [0.29, 0.717) is 6.54 Å². The molecule has 0 aromatic heterocycles. The Morgan fingerprint density at radius 2 is 2.14 bits per heavy atom. The molecular weight excluding hydrogens is 178 g/mol. The van der Waals surface area contributed by atoms with Crippen LogP contribution in [0.25, 0.3) is 0 Å². The molecule has 1 fully saturated rings. The average Bonchev–Trinajstić information content (AvgIpc) is 2.01. The minimum Gasteiger partial charge on any atom is -0.444 e. The summed E-state index contributed by atoms with van der Waals surface area (Å²) in [7, 11) is 0. The zero-order valence-corrected chi connectivity index (χ0v) is 9.25. The highest BCUT2D eigenvalue weighted by atomic mass is 16.6. The Kier molecular flexibility index (Phi) is 3.40. The van der Waals surface area contributed by atoms with Crippen LogP contribution in [0.2, 0.25) is 0 Å². The second-order valence-corrected chi connectivity index (χ2v) is 4.83. The number of ether oxygens (including phenoxy) is 1. The van der Waals surface area contributed by atoms with Crippen LogP contribution in [0.1, 0.15) is 33.6 Å². The SMILES string of the molecule is [CH]C1CCCN(C(=O)OC(C)(C)C)C1. The van der Waals surface area contributed by atoms with E-state index in [-0.39, 0.29) is 12.0 Å². The topological polar surface area (TPSA) is 29.5 Å². The van der Waals surface area contributed by atoms with Crippen molar-refractivity contribution in [3.8, 4) is 0 Å². The lowest BCUT2D eigenvalue weighted by atomic mass is 10.0. The van der Waals surface area contributed by atoms with Crippen molar-refractivity contribution in [2.75, 3.05) is 13.1 Å². The number of carbonyl (C=O) groups excluding carboxylic acids is 1. The lowest BCUT2D eigenvalue weighted by molar-refractivity contribution is 0.0185. The van der Waals surface area contributed by atoms with E-state index in [9.17, 15) is 4.79 Å². The van der Waals surface area contributed by atoms with Gasteiger partial charge in [0.15, 0.2) is 0 Å². The van der Waals surface area contributed by atoms with Gasteiger partial charge in [0.25, 0.3) is 0 Å². The summed E-state index contributed by atoms with van der Waals surface area (Å²) < 4.78 is 5.26. The molecule has 1 saturated heterocycles. The first-order valence-electron chi connectivity index (χ1n) is 5.12. The Morgan fingerprint density at radius 3 is 2.64 bits per heavy atom. The van der Waals surface area contributed by atoms with E-state index in [2.05, 4.69) is 0 Å². The lowest BCUT2D eigenvalue weighted by Crippen LogP contribution is -2.42. The Morgan fingerprint density at radius 1 is 1.50 bits per heavy atom. The van der Waals surface area contributed by atoms with Crippen molar-refractivity contribution in [2.45, 2.75) is 39.2 Å². The van der Waals surface area contributed by atoms with Crippen molar-refractivity contribution in [1.29, 1.82) is 0 Å². The number of hydrogen-bond donors (Lipinski definition) is 0. The second-order valence-electron chi connectivity index (χ2n) is 4.83. The standard InChI is InChI=1S/C11H19NO2/c1-9-6-5-7-12(8-9)10(13)14-11(2,3)4/h1,9H,5-8H2,2-4H3.